The van der Waals surface area contributed by atoms with Crippen LogP contribution in [0.15, 0.2) is 42.5 Å². The largest absolute Gasteiger partial charge is 0.358 e. The summed E-state index contributed by atoms with van der Waals surface area (Å²) in [5, 5.41) is 3.99. The Hall–Kier alpha value is -2.69. The van der Waals surface area contributed by atoms with Crippen LogP contribution in [0.2, 0.25) is 0 Å². The Kier molecular flexibility index (Phi) is 3.15. The smallest absolute Gasteiger partial charge is 0.254 e. The van der Waals surface area contributed by atoms with E-state index in [1.807, 2.05) is 18.2 Å². The van der Waals surface area contributed by atoms with E-state index in [1.54, 1.807) is 0 Å². The molecule has 1 aliphatic carbocycles. The predicted octanol–water partition coefficient (Wildman–Crippen LogP) is 3.34. The molecule has 0 bridgehead atoms. The molecular formula is C18H14F2N2O. The van der Waals surface area contributed by atoms with Crippen LogP contribution in [0, 0.1) is 11.6 Å². The number of aromatic nitrogens is 1. The molecule has 23 heavy (non-hydrogen) atoms. The minimum Gasteiger partial charge on any atom is -0.358 e. The monoisotopic (exact) mass is 312 g/mol. The summed E-state index contributed by atoms with van der Waals surface area (Å²) in [7, 11) is 0. The summed E-state index contributed by atoms with van der Waals surface area (Å²) in [5.74, 6) is -2.05. The molecule has 1 heterocycles. The summed E-state index contributed by atoms with van der Waals surface area (Å²) < 4.78 is 26.6. The van der Waals surface area contributed by atoms with E-state index in [0.29, 0.717) is 12.8 Å². The zero-order valence-electron chi connectivity index (χ0n) is 12.2. The molecule has 0 saturated heterocycles. The van der Waals surface area contributed by atoms with Gasteiger partial charge < -0.3 is 10.3 Å². The molecule has 0 radical (unpaired) electrons. The minimum absolute atomic E-state index is 0.0854. The number of carbonyl (C=O) groups is 1. The van der Waals surface area contributed by atoms with Crippen molar-refractivity contribution in [1.29, 1.82) is 0 Å². The van der Waals surface area contributed by atoms with E-state index in [-0.39, 0.29) is 11.6 Å². The van der Waals surface area contributed by atoms with Gasteiger partial charge in [0.1, 0.15) is 11.6 Å². The van der Waals surface area contributed by atoms with Crippen molar-refractivity contribution >= 4 is 16.8 Å². The van der Waals surface area contributed by atoms with E-state index in [0.717, 1.165) is 28.7 Å². The molecule has 1 unspecified atom stereocenters. The van der Waals surface area contributed by atoms with Gasteiger partial charge >= 0.3 is 0 Å². The lowest BCUT2D eigenvalue weighted by molar-refractivity contribution is 0.0934. The van der Waals surface area contributed by atoms with Gasteiger partial charge in [0, 0.05) is 35.1 Å². The van der Waals surface area contributed by atoms with Gasteiger partial charge in [0.05, 0.1) is 5.56 Å². The summed E-state index contributed by atoms with van der Waals surface area (Å²) in [6.07, 6.45) is 1.38. The minimum atomic E-state index is -0.843. The highest BCUT2D eigenvalue weighted by Gasteiger charge is 2.27. The predicted molar refractivity (Wildman–Crippen MR) is 83.3 cm³/mol. The fraction of sp³-hybridized carbons (Fsp3) is 0.167. The average molecular weight is 312 g/mol. The first-order valence-corrected chi connectivity index (χ1v) is 7.46. The van der Waals surface area contributed by atoms with Gasteiger partial charge in [-0.25, -0.2) is 8.78 Å². The second-order valence-electron chi connectivity index (χ2n) is 5.83. The number of benzene rings is 2. The van der Waals surface area contributed by atoms with Crippen molar-refractivity contribution in [1.82, 2.24) is 10.3 Å². The molecule has 0 saturated carbocycles. The number of nitrogens with one attached hydrogen (secondary N) is 2. The first kappa shape index (κ1) is 13.9. The van der Waals surface area contributed by atoms with Crippen LogP contribution in [-0.2, 0) is 12.8 Å². The summed E-state index contributed by atoms with van der Waals surface area (Å²) >= 11 is 0. The molecule has 2 aromatic carbocycles. The van der Waals surface area contributed by atoms with Crippen molar-refractivity contribution in [3.05, 3.63) is 70.9 Å². The molecule has 1 aliphatic rings. The van der Waals surface area contributed by atoms with E-state index in [9.17, 15) is 13.6 Å². The Morgan fingerprint density at radius 1 is 1.13 bits per heavy atom. The van der Waals surface area contributed by atoms with Crippen molar-refractivity contribution in [2.45, 2.75) is 18.9 Å². The van der Waals surface area contributed by atoms with Crippen LogP contribution in [0.3, 0.4) is 0 Å². The van der Waals surface area contributed by atoms with Crippen LogP contribution >= 0.6 is 0 Å². The van der Waals surface area contributed by atoms with Gasteiger partial charge in [-0.05, 0) is 30.2 Å². The molecule has 1 aromatic heterocycles. The lowest BCUT2D eigenvalue weighted by atomic mass is 10.1. The molecule has 0 spiro atoms. The number of hydrogen-bond acceptors (Lipinski definition) is 1. The molecule has 4 rings (SSSR count). The second-order valence-corrected chi connectivity index (χ2v) is 5.83. The summed E-state index contributed by atoms with van der Waals surface area (Å²) in [6, 6.07) is 10.9. The van der Waals surface area contributed by atoms with Gasteiger partial charge in [-0.3, -0.25) is 4.79 Å². The standard InChI is InChI=1S/C18H14F2N2O/c19-10-5-6-13(15(20)7-10)18(23)21-11-8-14-12-3-1-2-4-16(12)22-17(14)9-11/h1-7,11,22H,8-9H2,(H,21,23). The highest BCUT2D eigenvalue weighted by atomic mass is 19.1. The molecule has 3 nitrogen and oxygen atoms in total. The van der Waals surface area contributed by atoms with E-state index < -0.39 is 17.5 Å². The molecule has 3 aromatic rings. The van der Waals surface area contributed by atoms with Gasteiger partial charge in [0.25, 0.3) is 5.91 Å². The average Bonchev–Trinajstić information content (AvgIpc) is 3.04. The fourth-order valence-corrected chi connectivity index (χ4v) is 3.27. The third kappa shape index (κ3) is 2.38. The third-order valence-corrected chi connectivity index (χ3v) is 4.31. The Morgan fingerprint density at radius 2 is 1.96 bits per heavy atom. The zero-order valence-corrected chi connectivity index (χ0v) is 12.2. The molecule has 2 N–H and O–H groups in total. The van der Waals surface area contributed by atoms with Crippen LogP contribution in [0.5, 0.6) is 0 Å². The SMILES string of the molecule is O=C(NC1Cc2[nH]c3ccccc3c2C1)c1ccc(F)cc1F. The van der Waals surface area contributed by atoms with Gasteiger partial charge in [-0.2, -0.15) is 0 Å². The lowest BCUT2D eigenvalue weighted by Crippen LogP contribution is -2.36. The number of fused-ring (bicyclic) bond motifs is 3. The highest BCUT2D eigenvalue weighted by molar-refractivity contribution is 5.95. The summed E-state index contributed by atoms with van der Waals surface area (Å²) in [4.78, 5) is 15.5. The Balaban J connectivity index is 1.53. The molecule has 116 valence electrons. The summed E-state index contributed by atoms with van der Waals surface area (Å²) in [6.45, 7) is 0. The van der Waals surface area contributed by atoms with Gasteiger partial charge in [0.15, 0.2) is 0 Å². The third-order valence-electron chi connectivity index (χ3n) is 4.31. The van der Waals surface area contributed by atoms with E-state index >= 15 is 0 Å². The van der Waals surface area contributed by atoms with Crippen LogP contribution in [0.1, 0.15) is 21.6 Å². The maximum absolute atomic E-state index is 13.7. The van der Waals surface area contributed by atoms with E-state index in [1.165, 1.54) is 11.6 Å². The number of hydrogen-bond donors (Lipinski definition) is 2. The number of carbonyl (C=O) groups excluding carboxylic acids is 1. The number of halogens is 2. The van der Waals surface area contributed by atoms with Gasteiger partial charge in [0.2, 0.25) is 0 Å². The van der Waals surface area contributed by atoms with Crippen molar-refractivity contribution < 1.29 is 13.6 Å². The Labute approximate surface area is 131 Å². The maximum Gasteiger partial charge on any atom is 0.254 e. The normalized spacial score (nSPS) is 16.5. The molecular weight excluding hydrogens is 298 g/mol. The maximum atomic E-state index is 13.7. The molecule has 0 fully saturated rings. The molecule has 5 heteroatoms. The summed E-state index contributed by atoms with van der Waals surface area (Å²) in [5.41, 5.74) is 3.26. The van der Waals surface area contributed by atoms with E-state index in [2.05, 4.69) is 16.4 Å². The van der Waals surface area contributed by atoms with Gasteiger partial charge in [-0.15, -0.1) is 0 Å². The van der Waals surface area contributed by atoms with Crippen molar-refractivity contribution in [3.8, 4) is 0 Å². The second kappa shape index (κ2) is 5.19. The zero-order chi connectivity index (χ0) is 16.0. The van der Waals surface area contributed by atoms with Crippen LogP contribution in [0.25, 0.3) is 10.9 Å². The lowest BCUT2D eigenvalue weighted by Gasteiger charge is -2.13. The van der Waals surface area contributed by atoms with Crippen molar-refractivity contribution in [2.24, 2.45) is 0 Å². The first-order chi connectivity index (χ1) is 11.1. The molecule has 1 atom stereocenters. The number of aromatic amines is 1. The molecule has 1 amide bonds. The first-order valence-electron chi connectivity index (χ1n) is 7.46. The topological polar surface area (TPSA) is 44.9 Å². The number of rotatable bonds is 2. The number of H-pyrrole nitrogens is 1. The van der Waals surface area contributed by atoms with Crippen LogP contribution < -0.4 is 5.32 Å². The van der Waals surface area contributed by atoms with Gasteiger partial charge in [-0.1, -0.05) is 18.2 Å². The number of amides is 1. The quantitative estimate of drug-likeness (QED) is 0.749. The Bertz CT molecular complexity index is 917. The van der Waals surface area contributed by atoms with E-state index in [4.69, 9.17) is 0 Å². The van der Waals surface area contributed by atoms with Crippen molar-refractivity contribution in [2.75, 3.05) is 0 Å². The fourth-order valence-electron chi connectivity index (χ4n) is 3.27. The number of para-hydroxylation sites is 1. The molecule has 0 aliphatic heterocycles. The van der Waals surface area contributed by atoms with Crippen LogP contribution in [0.4, 0.5) is 8.78 Å². The van der Waals surface area contributed by atoms with Crippen LogP contribution in [-0.4, -0.2) is 16.9 Å². The van der Waals surface area contributed by atoms with Crippen molar-refractivity contribution in [3.63, 3.8) is 0 Å². The highest BCUT2D eigenvalue weighted by Crippen LogP contribution is 2.30. The Morgan fingerprint density at radius 3 is 2.78 bits per heavy atom.